The van der Waals surface area contributed by atoms with Gasteiger partial charge in [-0.2, -0.15) is 0 Å². The minimum Gasteiger partial charge on any atom is -0.459 e. The fourth-order valence-electron chi connectivity index (χ4n) is 4.01. The first-order valence-corrected chi connectivity index (χ1v) is 11.0. The van der Waals surface area contributed by atoms with Gasteiger partial charge in [0.25, 0.3) is 17.7 Å². The molecule has 2 heterocycles. The van der Waals surface area contributed by atoms with E-state index in [0.29, 0.717) is 28.7 Å². The average molecular weight is 453 g/mol. The molecular formula is C27H23N3O4. The number of fused-ring (bicyclic) bond motifs is 1. The average Bonchev–Trinajstić information content (AvgIpc) is 3.50. The number of hydrogen-bond acceptors (Lipinski definition) is 4. The van der Waals surface area contributed by atoms with Crippen molar-refractivity contribution in [2.75, 3.05) is 16.3 Å². The zero-order chi connectivity index (χ0) is 23.8. The van der Waals surface area contributed by atoms with Crippen LogP contribution in [-0.4, -0.2) is 30.3 Å². The summed E-state index contributed by atoms with van der Waals surface area (Å²) >= 11 is 0. The molecule has 3 amide bonds. The lowest BCUT2D eigenvalue weighted by Gasteiger charge is -2.37. The molecule has 34 heavy (non-hydrogen) atoms. The summed E-state index contributed by atoms with van der Waals surface area (Å²) in [7, 11) is 0. The molecule has 1 aliphatic carbocycles. The molecular weight excluding hydrogens is 430 g/mol. The Kier molecular flexibility index (Phi) is 5.37. The Morgan fingerprint density at radius 3 is 2.38 bits per heavy atom. The minimum absolute atomic E-state index is 0.0770. The van der Waals surface area contributed by atoms with E-state index in [4.69, 9.17) is 4.42 Å². The number of hydrogen-bond donors (Lipinski definition) is 1. The number of carbonyl (C=O) groups is 3. The molecule has 170 valence electrons. The summed E-state index contributed by atoms with van der Waals surface area (Å²) in [4.78, 5) is 41.1. The predicted molar refractivity (Wildman–Crippen MR) is 130 cm³/mol. The van der Waals surface area contributed by atoms with Crippen molar-refractivity contribution in [1.82, 2.24) is 5.32 Å². The van der Waals surface area contributed by atoms with Crippen molar-refractivity contribution < 1.29 is 18.8 Å². The van der Waals surface area contributed by atoms with Crippen LogP contribution in [-0.2, 0) is 4.79 Å². The molecule has 0 atom stereocenters. The lowest BCUT2D eigenvalue weighted by atomic mass is 10.00. The summed E-state index contributed by atoms with van der Waals surface area (Å²) in [5, 5.41) is 2.98. The van der Waals surface area contributed by atoms with E-state index in [2.05, 4.69) is 18.5 Å². The van der Waals surface area contributed by atoms with Gasteiger partial charge in [-0.05, 0) is 66.4 Å². The maximum absolute atomic E-state index is 13.2. The Balaban J connectivity index is 1.52. The molecule has 1 aliphatic heterocycles. The normalized spacial score (nSPS) is 15.0. The van der Waals surface area contributed by atoms with E-state index in [1.807, 2.05) is 24.3 Å². The molecule has 7 heteroatoms. The van der Waals surface area contributed by atoms with Crippen LogP contribution in [0.15, 0.2) is 90.2 Å². The molecule has 0 saturated heterocycles. The zero-order valence-corrected chi connectivity index (χ0v) is 18.5. The number of amides is 3. The SMILES string of the molecule is C=CC(=O)N1C(=C)CN(C(=O)c2ccco2)c2cc(-c3ccc(C(=O)NC4CC4)cc3)ccc21. The van der Waals surface area contributed by atoms with E-state index in [-0.39, 0.29) is 30.0 Å². The molecule has 0 radical (unpaired) electrons. The second-order valence-corrected chi connectivity index (χ2v) is 8.34. The van der Waals surface area contributed by atoms with Crippen LogP contribution >= 0.6 is 0 Å². The Labute approximate surface area is 197 Å². The third-order valence-corrected chi connectivity index (χ3v) is 5.93. The van der Waals surface area contributed by atoms with Crippen molar-refractivity contribution in [3.63, 3.8) is 0 Å². The molecule has 5 rings (SSSR count). The topological polar surface area (TPSA) is 82.9 Å². The smallest absolute Gasteiger partial charge is 0.294 e. The summed E-state index contributed by atoms with van der Waals surface area (Å²) in [6.07, 6.45) is 4.73. The van der Waals surface area contributed by atoms with Crippen LogP contribution in [0.3, 0.4) is 0 Å². The number of anilines is 2. The quantitative estimate of drug-likeness (QED) is 0.576. The highest BCUT2D eigenvalue weighted by Crippen LogP contribution is 2.40. The molecule has 0 bridgehead atoms. The van der Waals surface area contributed by atoms with Gasteiger partial charge in [0, 0.05) is 17.3 Å². The summed E-state index contributed by atoms with van der Waals surface area (Å²) < 4.78 is 5.32. The van der Waals surface area contributed by atoms with E-state index in [1.165, 1.54) is 17.2 Å². The van der Waals surface area contributed by atoms with Gasteiger partial charge in [0.1, 0.15) is 0 Å². The fraction of sp³-hybridized carbons (Fsp3) is 0.148. The van der Waals surface area contributed by atoms with Crippen LogP contribution < -0.4 is 15.1 Å². The lowest BCUT2D eigenvalue weighted by molar-refractivity contribution is -0.113. The first-order valence-electron chi connectivity index (χ1n) is 11.0. The van der Waals surface area contributed by atoms with Crippen LogP contribution in [0.2, 0.25) is 0 Å². The van der Waals surface area contributed by atoms with E-state index in [9.17, 15) is 14.4 Å². The Bertz CT molecular complexity index is 1300. The summed E-state index contributed by atoms with van der Waals surface area (Å²) in [6, 6.07) is 16.4. The van der Waals surface area contributed by atoms with Crippen molar-refractivity contribution in [2.24, 2.45) is 0 Å². The first-order chi connectivity index (χ1) is 16.5. The molecule has 1 aromatic heterocycles. The predicted octanol–water partition coefficient (Wildman–Crippen LogP) is 4.53. The Morgan fingerprint density at radius 1 is 1.00 bits per heavy atom. The second kappa shape index (κ2) is 8.51. The van der Waals surface area contributed by atoms with Gasteiger partial charge in [0.05, 0.1) is 24.2 Å². The Hall–Kier alpha value is -4.39. The third-order valence-electron chi connectivity index (χ3n) is 5.93. The highest BCUT2D eigenvalue weighted by atomic mass is 16.3. The van der Waals surface area contributed by atoms with Gasteiger partial charge in [0.2, 0.25) is 0 Å². The number of carbonyl (C=O) groups excluding carboxylic acids is 3. The lowest BCUT2D eigenvalue weighted by Crippen LogP contribution is -2.44. The van der Waals surface area contributed by atoms with Crippen LogP contribution in [0, 0.1) is 0 Å². The van der Waals surface area contributed by atoms with Crippen LogP contribution in [0.1, 0.15) is 33.8 Å². The summed E-state index contributed by atoms with van der Waals surface area (Å²) in [5.41, 5.74) is 3.85. The molecule has 7 nitrogen and oxygen atoms in total. The van der Waals surface area contributed by atoms with Crippen molar-refractivity contribution in [1.29, 1.82) is 0 Å². The highest BCUT2D eigenvalue weighted by Gasteiger charge is 2.33. The third kappa shape index (κ3) is 3.92. The zero-order valence-electron chi connectivity index (χ0n) is 18.5. The number of benzene rings is 2. The molecule has 1 fully saturated rings. The van der Waals surface area contributed by atoms with Gasteiger partial charge < -0.3 is 9.73 Å². The van der Waals surface area contributed by atoms with Crippen molar-refractivity contribution in [3.8, 4) is 11.1 Å². The van der Waals surface area contributed by atoms with Gasteiger partial charge in [-0.25, -0.2) is 0 Å². The molecule has 1 saturated carbocycles. The van der Waals surface area contributed by atoms with Crippen molar-refractivity contribution in [2.45, 2.75) is 18.9 Å². The highest BCUT2D eigenvalue weighted by molar-refractivity contribution is 6.13. The van der Waals surface area contributed by atoms with Crippen molar-refractivity contribution in [3.05, 3.63) is 97.1 Å². The maximum Gasteiger partial charge on any atom is 0.294 e. The molecule has 0 spiro atoms. The van der Waals surface area contributed by atoms with Crippen LogP contribution in [0.4, 0.5) is 11.4 Å². The van der Waals surface area contributed by atoms with Crippen LogP contribution in [0.5, 0.6) is 0 Å². The summed E-state index contributed by atoms with van der Waals surface area (Å²) in [5.74, 6) is -0.539. The fourth-order valence-corrected chi connectivity index (χ4v) is 4.01. The standard InChI is InChI=1S/C27H23N3O4/c1-3-25(31)30-17(2)16-29(27(33)24-5-4-14-34-24)23-15-20(10-13-22(23)30)18-6-8-19(9-7-18)26(32)28-21-11-12-21/h3-10,13-15,21H,1-2,11-12,16H2,(H,28,32). The van der Waals surface area contributed by atoms with Gasteiger partial charge in [-0.3, -0.25) is 24.2 Å². The van der Waals surface area contributed by atoms with Gasteiger partial charge in [-0.15, -0.1) is 0 Å². The first kappa shape index (κ1) is 21.5. The number of nitrogens with zero attached hydrogens (tertiary/aromatic N) is 2. The van der Waals surface area contributed by atoms with E-state index < -0.39 is 0 Å². The van der Waals surface area contributed by atoms with E-state index >= 15 is 0 Å². The molecule has 1 N–H and O–H groups in total. The van der Waals surface area contributed by atoms with E-state index in [1.54, 1.807) is 35.2 Å². The van der Waals surface area contributed by atoms with Crippen LogP contribution in [0.25, 0.3) is 11.1 Å². The Morgan fingerprint density at radius 2 is 1.74 bits per heavy atom. The van der Waals surface area contributed by atoms with Gasteiger partial charge in [-0.1, -0.05) is 31.4 Å². The van der Waals surface area contributed by atoms with Gasteiger partial charge >= 0.3 is 0 Å². The molecule has 3 aromatic rings. The monoisotopic (exact) mass is 453 g/mol. The number of furan rings is 1. The van der Waals surface area contributed by atoms with Gasteiger partial charge in [0.15, 0.2) is 5.76 Å². The largest absolute Gasteiger partial charge is 0.459 e. The summed E-state index contributed by atoms with van der Waals surface area (Å²) in [6.45, 7) is 7.71. The molecule has 2 aliphatic rings. The van der Waals surface area contributed by atoms with E-state index in [0.717, 1.165) is 24.0 Å². The number of nitrogens with one attached hydrogen (secondary N) is 1. The molecule has 2 aromatic carbocycles. The maximum atomic E-state index is 13.2. The van der Waals surface area contributed by atoms with Crippen molar-refractivity contribution >= 4 is 29.1 Å². The number of rotatable bonds is 5. The second-order valence-electron chi connectivity index (χ2n) is 8.34. The minimum atomic E-state index is -0.331. The molecule has 0 unspecified atom stereocenters.